The van der Waals surface area contributed by atoms with Gasteiger partial charge in [-0.15, -0.1) is 6.58 Å². The Hall–Kier alpha value is -1.84. The number of rotatable bonds is 15. The molecule has 39 heavy (non-hydrogen) atoms. The number of ether oxygens (including phenoxy) is 3. The molecule has 7 heteroatoms. The molecule has 0 spiro atoms. The van der Waals surface area contributed by atoms with Crippen molar-refractivity contribution in [2.45, 2.75) is 101 Å². The molecule has 2 aromatic carbocycles. The van der Waals surface area contributed by atoms with E-state index in [0.717, 1.165) is 12.8 Å². The fourth-order valence-electron chi connectivity index (χ4n) is 5.73. The Bertz CT molecular complexity index is 940. The van der Waals surface area contributed by atoms with Crippen LogP contribution >= 0.6 is 0 Å². The second kappa shape index (κ2) is 14.7. The zero-order chi connectivity index (χ0) is 28.5. The third-order valence-corrected chi connectivity index (χ3v) is 12.9. The Morgan fingerprint density at radius 1 is 1.00 bits per heavy atom. The molecule has 0 bridgehead atoms. The van der Waals surface area contributed by atoms with Crippen molar-refractivity contribution >= 4 is 18.7 Å². The number of aliphatic hydroxyl groups excluding tert-OH is 2. The van der Waals surface area contributed by atoms with Gasteiger partial charge in [-0.3, -0.25) is 0 Å². The average molecular weight is 557 g/mol. The maximum atomic E-state index is 10.7. The molecule has 0 unspecified atom stereocenters. The summed E-state index contributed by atoms with van der Waals surface area (Å²) in [5.74, 6) is 0. The van der Waals surface area contributed by atoms with Gasteiger partial charge < -0.3 is 28.8 Å². The van der Waals surface area contributed by atoms with Crippen molar-refractivity contribution < 1.29 is 28.8 Å². The second-order valence-corrected chi connectivity index (χ2v) is 15.9. The molecule has 1 heterocycles. The molecule has 0 aliphatic carbocycles. The zero-order valence-corrected chi connectivity index (χ0v) is 25.3. The van der Waals surface area contributed by atoms with E-state index in [1.165, 1.54) is 17.5 Å². The van der Waals surface area contributed by atoms with Crippen LogP contribution in [-0.4, -0.2) is 69.1 Å². The van der Waals surface area contributed by atoms with E-state index in [0.29, 0.717) is 19.3 Å². The molecule has 0 amide bonds. The van der Waals surface area contributed by atoms with Gasteiger partial charge in [0, 0.05) is 7.11 Å². The van der Waals surface area contributed by atoms with E-state index >= 15 is 0 Å². The van der Waals surface area contributed by atoms with Gasteiger partial charge in [0.15, 0.2) is 0 Å². The highest BCUT2D eigenvalue weighted by molar-refractivity contribution is 6.99. The fraction of sp³-hybridized carbons (Fsp3) is 0.562. The molecule has 6 nitrogen and oxygen atoms in total. The van der Waals surface area contributed by atoms with Gasteiger partial charge in [0.25, 0.3) is 8.32 Å². The van der Waals surface area contributed by atoms with Gasteiger partial charge in [0.2, 0.25) is 0 Å². The van der Waals surface area contributed by atoms with Crippen LogP contribution in [-0.2, 0) is 18.6 Å². The van der Waals surface area contributed by atoms with Crippen LogP contribution in [0.5, 0.6) is 0 Å². The van der Waals surface area contributed by atoms with E-state index < -0.39 is 26.6 Å². The van der Waals surface area contributed by atoms with Gasteiger partial charge in [-0.25, -0.2) is 0 Å². The summed E-state index contributed by atoms with van der Waals surface area (Å²) in [5, 5.41) is 23.5. The summed E-state index contributed by atoms with van der Waals surface area (Å²) in [5.41, 5.74) is 0. The minimum atomic E-state index is -2.67. The Morgan fingerprint density at radius 2 is 1.59 bits per heavy atom. The second-order valence-electron chi connectivity index (χ2n) is 11.7. The molecule has 0 aromatic heterocycles. The van der Waals surface area contributed by atoms with Crippen molar-refractivity contribution in [1.29, 1.82) is 0 Å². The zero-order valence-electron chi connectivity index (χ0n) is 24.3. The van der Waals surface area contributed by atoms with Crippen LogP contribution in [0.1, 0.15) is 59.8 Å². The summed E-state index contributed by atoms with van der Waals surface area (Å²) in [7, 11) is -1.14. The summed E-state index contributed by atoms with van der Waals surface area (Å²) in [6.07, 6.45) is 2.72. The maximum Gasteiger partial charge on any atom is 0.261 e. The molecule has 3 rings (SSSR count). The molecule has 2 N–H and O–H groups in total. The van der Waals surface area contributed by atoms with Crippen LogP contribution in [0.3, 0.4) is 0 Å². The first-order valence-electron chi connectivity index (χ1n) is 14.2. The summed E-state index contributed by atoms with van der Waals surface area (Å²) >= 11 is 0. The first kappa shape index (κ1) is 31.7. The summed E-state index contributed by atoms with van der Waals surface area (Å²) in [6.45, 7) is 12.8. The van der Waals surface area contributed by atoms with Crippen molar-refractivity contribution in [2.75, 3.05) is 13.9 Å². The van der Waals surface area contributed by atoms with Crippen molar-refractivity contribution in [1.82, 2.24) is 0 Å². The van der Waals surface area contributed by atoms with Gasteiger partial charge in [0.05, 0.1) is 30.5 Å². The largest absolute Gasteiger partial charge is 0.402 e. The molecular weight excluding hydrogens is 508 g/mol. The number of hydrogen-bond acceptors (Lipinski definition) is 6. The highest BCUT2D eigenvalue weighted by Gasteiger charge is 2.52. The van der Waals surface area contributed by atoms with Gasteiger partial charge >= 0.3 is 0 Å². The normalized spacial score (nSPS) is 21.3. The Kier molecular flexibility index (Phi) is 11.9. The van der Waals surface area contributed by atoms with Crippen molar-refractivity contribution in [3.63, 3.8) is 0 Å². The van der Waals surface area contributed by atoms with Gasteiger partial charge in [-0.05, 0) is 54.4 Å². The fourth-order valence-corrected chi connectivity index (χ4v) is 10.5. The molecule has 1 aliphatic rings. The monoisotopic (exact) mass is 556 g/mol. The van der Waals surface area contributed by atoms with E-state index in [9.17, 15) is 10.2 Å². The first-order valence-corrected chi connectivity index (χ1v) is 16.1. The number of aliphatic hydroxyl groups is 2. The van der Waals surface area contributed by atoms with Crippen LogP contribution in [0.15, 0.2) is 73.3 Å². The van der Waals surface area contributed by atoms with Crippen LogP contribution in [0.2, 0.25) is 5.04 Å². The topological polar surface area (TPSA) is 77.4 Å². The van der Waals surface area contributed by atoms with Crippen LogP contribution in [0.4, 0.5) is 0 Å². The molecule has 216 valence electrons. The van der Waals surface area contributed by atoms with E-state index in [-0.39, 0.29) is 30.1 Å². The van der Waals surface area contributed by atoms with Crippen LogP contribution in [0.25, 0.3) is 0 Å². The highest BCUT2D eigenvalue weighted by atomic mass is 28.4. The SMILES string of the molecule is C=C[C@@H](OCOC)[C@H](O)CC[C@@H](O)C[C@H]1CC[C@H]([C@@H](C)O[Si](c2ccccc2)(c2ccccc2)C(C)(C)C)O1. The van der Waals surface area contributed by atoms with Gasteiger partial charge in [-0.1, -0.05) is 87.5 Å². The van der Waals surface area contributed by atoms with E-state index in [1.54, 1.807) is 6.08 Å². The van der Waals surface area contributed by atoms with Crippen LogP contribution < -0.4 is 10.4 Å². The molecule has 1 aliphatic heterocycles. The summed E-state index contributed by atoms with van der Waals surface area (Å²) in [6, 6.07) is 21.3. The van der Waals surface area contributed by atoms with Crippen molar-refractivity contribution in [3.8, 4) is 0 Å². The molecule has 1 fully saturated rings. The maximum absolute atomic E-state index is 10.7. The first-order chi connectivity index (χ1) is 18.6. The lowest BCUT2D eigenvalue weighted by atomic mass is 10.0. The average Bonchev–Trinajstić information content (AvgIpc) is 3.39. The van der Waals surface area contributed by atoms with Crippen LogP contribution in [0, 0.1) is 0 Å². The minimum Gasteiger partial charge on any atom is -0.402 e. The third-order valence-electron chi connectivity index (χ3n) is 7.76. The number of hydrogen-bond donors (Lipinski definition) is 2. The van der Waals surface area contributed by atoms with Gasteiger partial charge in [0.1, 0.15) is 12.9 Å². The quantitative estimate of drug-likeness (QED) is 0.190. The van der Waals surface area contributed by atoms with E-state index in [4.69, 9.17) is 18.6 Å². The van der Waals surface area contributed by atoms with E-state index in [1.807, 2.05) is 0 Å². The van der Waals surface area contributed by atoms with Crippen molar-refractivity contribution in [3.05, 3.63) is 73.3 Å². The predicted molar refractivity (Wildman–Crippen MR) is 159 cm³/mol. The molecule has 2 aromatic rings. The van der Waals surface area contributed by atoms with E-state index in [2.05, 4.69) is 94.9 Å². The highest BCUT2D eigenvalue weighted by Crippen LogP contribution is 2.39. The lowest BCUT2D eigenvalue weighted by Crippen LogP contribution is -2.68. The molecule has 0 saturated carbocycles. The lowest BCUT2D eigenvalue weighted by Gasteiger charge is -2.45. The molecule has 1 saturated heterocycles. The Labute approximate surface area is 236 Å². The number of benzene rings is 2. The number of methoxy groups -OCH3 is 1. The summed E-state index contributed by atoms with van der Waals surface area (Å²) in [4.78, 5) is 0. The molecular formula is C32H48O6Si. The van der Waals surface area contributed by atoms with Gasteiger partial charge in [-0.2, -0.15) is 0 Å². The molecule has 0 radical (unpaired) electrons. The third kappa shape index (κ3) is 8.10. The minimum absolute atomic E-state index is 0.0349. The Balaban J connectivity index is 1.65. The summed E-state index contributed by atoms with van der Waals surface area (Å²) < 4.78 is 24.1. The smallest absolute Gasteiger partial charge is 0.261 e. The standard InChI is InChI=1S/C32H48O6Si/c1-7-30(36-23-35-6)29(34)20-18-25(33)22-26-19-21-31(37-26)24(2)38-39(32(3,4)5,27-14-10-8-11-15-27)28-16-12-9-13-17-28/h7-17,24-26,29-31,33-34H,1,18-23H2,2-6H3/t24-,25-,26-,29-,30-,31-/m1/s1. The molecule has 6 atom stereocenters. The predicted octanol–water partition coefficient (Wildman–Crippen LogP) is 4.57. The Morgan fingerprint density at radius 3 is 2.10 bits per heavy atom. The lowest BCUT2D eigenvalue weighted by molar-refractivity contribution is -0.0965. The van der Waals surface area contributed by atoms with Crippen molar-refractivity contribution in [2.24, 2.45) is 0 Å².